The van der Waals surface area contributed by atoms with Crippen LogP contribution in [-0.2, 0) is 0 Å². The molecule has 0 aliphatic heterocycles. The molecular weight excluding hydrogens is 312 g/mol. The number of benzene rings is 1. The molecule has 0 spiro atoms. The molecule has 0 saturated heterocycles. The molecule has 1 aromatic carbocycles. The number of nitrogens with zero attached hydrogens (tertiary/aromatic N) is 1. The summed E-state index contributed by atoms with van der Waals surface area (Å²) in [6.45, 7) is 1.98. The van der Waals surface area contributed by atoms with Crippen LogP contribution in [-0.4, -0.2) is 9.55 Å². The Hall–Kier alpha value is -0.940. The van der Waals surface area contributed by atoms with E-state index >= 15 is 0 Å². The van der Waals surface area contributed by atoms with Crippen molar-refractivity contribution < 1.29 is 0 Å². The Kier molecular flexibility index (Phi) is 2.90. The monoisotopic (exact) mass is 324 g/mol. The van der Waals surface area contributed by atoms with Gasteiger partial charge in [-0.05, 0) is 66.0 Å². The Morgan fingerprint density at radius 3 is 2.78 bits per heavy atom. The number of nitrogens with one attached hydrogen (secondary N) is 1. The van der Waals surface area contributed by atoms with E-state index in [1.807, 2.05) is 19.1 Å². The van der Waals surface area contributed by atoms with Gasteiger partial charge in [-0.15, -0.1) is 0 Å². The Labute approximate surface area is 118 Å². The van der Waals surface area contributed by atoms with Crippen molar-refractivity contribution in [2.75, 3.05) is 0 Å². The first kappa shape index (κ1) is 12.1. The number of hydrogen-bond acceptors (Lipinski definition) is 2. The highest BCUT2D eigenvalue weighted by Gasteiger charge is 2.23. The highest BCUT2D eigenvalue weighted by atomic mass is 79.9. The maximum atomic E-state index is 12.6. The second kappa shape index (κ2) is 4.31. The summed E-state index contributed by atoms with van der Waals surface area (Å²) in [5.74, 6) is 0. The first-order valence-electron chi connectivity index (χ1n) is 6.03. The summed E-state index contributed by atoms with van der Waals surface area (Å²) in [5, 5.41) is 0.704. The highest BCUT2D eigenvalue weighted by molar-refractivity contribution is 9.10. The van der Waals surface area contributed by atoms with Gasteiger partial charge in [0, 0.05) is 10.5 Å². The lowest BCUT2D eigenvalue weighted by molar-refractivity contribution is 0.302. The molecule has 0 unspecified atom stereocenters. The molecule has 1 heterocycles. The third-order valence-electron chi connectivity index (χ3n) is 3.69. The molecule has 0 amide bonds. The van der Waals surface area contributed by atoms with Crippen molar-refractivity contribution in [1.29, 1.82) is 0 Å². The van der Waals surface area contributed by atoms with E-state index in [0.29, 0.717) is 10.2 Å². The predicted octanol–water partition coefficient (Wildman–Crippen LogP) is 3.86. The summed E-state index contributed by atoms with van der Waals surface area (Å²) < 4.78 is 3.11. The van der Waals surface area contributed by atoms with Gasteiger partial charge in [-0.1, -0.05) is 6.07 Å². The van der Waals surface area contributed by atoms with Crippen LogP contribution in [0.1, 0.15) is 30.9 Å². The van der Waals surface area contributed by atoms with Crippen LogP contribution in [0.25, 0.3) is 10.9 Å². The number of halogens is 1. The molecule has 0 radical (unpaired) electrons. The molecule has 3 nitrogen and oxygen atoms in total. The fourth-order valence-corrected chi connectivity index (χ4v) is 3.24. The van der Waals surface area contributed by atoms with Gasteiger partial charge >= 0.3 is 0 Å². The summed E-state index contributed by atoms with van der Waals surface area (Å²) in [7, 11) is 0. The van der Waals surface area contributed by atoms with Crippen LogP contribution < -0.4 is 5.56 Å². The average Bonchev–Trinajstić information content (AvgIpc) is 2.26. The summed E-state index contributed by atoms with van der Waals surface area (Å²) in [6, 6.07) is 4.17. The van der Waals surface area contributed by atoms with Crippen LogP contribution in [0.5, 0.6) is 0 Å². The van der Waals surface area contributed by atoms with Gasteiger partial charge in [-0.25, -0.2) is 0 Å². The quantitative estimate of drug-likeness (QED) is 0.809. The van der Waals surface area contributed by atoms with Crippen molar-refractivity contribution in [3.05, 3.63) is 37.3 Å². The molecule has 1 N–H and O–H groups in total. The Morgan fingerprint density at radius 1 is 1.44 bits per heavy atom. The number of aromatic nitrogens is 2. The summed E-state index contributed by atoms with van der Waals surface area (Å²) in [6.07, 6.45) is 3.28. The lowest BCUT2D eigenvalue weighted by atomic mass is 9.93. The van der Waals surface area contributed by atoms with Gasteiger partial charge in [0.1, 0.15) is 0 Å². The topological polar surface area (TPSA) is 37.8 Å². The molecule has 3 rings (SSSR count). The van der Waals surface area contributed by atoms with E-state index in [9.17, 15) is 4.79 Å². The smallest absolute Gasteiger partial charge is 0.263 e. The lowest BCUT2D eigenvalue weighted by Gasteiger charge is -2.27. The Balaban J connectivity index is 2.44. The minimum atomic E-state index is 0.0222. The van der Waals surface area contributed by atoms with Crippen molar-refractivity contribution in [2.24, 2.45) is 0 Å². The lowest BCUT2D eigenvalue weighted by Crippen LogP contribution is -2.30. The van der Waals surface area contributed by atoms with Gasteiger partial charge in [-0.3, -0.25) is 9.36 Å². The van der Waals surface area contributed by atoms with Crippen molar-refractivity contribution in [3.63, 3.8) is 0 Å². The van der Waals surface area contributed by atoms with Crippen LogP contribution in [0.4, 0.5) is 0 Å². The van der Waals surface area contributed by atoms with Gasteiger partial charge in [0.05, 0.1) is 10.9 Å². The fourth-order valence-electron chi connectivity index (χ4n) is 2.41. The van der Waals surface area contributed by atoms with Crippen molar-refractivity contribution >= 4 is 39.1 Å². The normalized spacial score (nSPS) is 15.9. The molecule has 1 aliphatic rings. The van der Waals surface area contributed by atoms with Gasteiger partial charge in [0.15, 0.2) is 4.77 Å². The van der Waals surface area contributed by atoms with Crippen LogP contribution in [0.2, 0.25) is 0 Å². The van der Waals surface area contributed by atoms with E-state index in [-0.39, 0.29) is 11.6 Å². The molecule has 0 atom stereocenters. The first-order chi connectivity index (χ1) is 8.59. The molecule has 5 heteroatoms. The van der Waals surface area contributed by atoms with E-state index in [4.69, 9.17) is 12.2 Å². The van der Waals surface area contributed by atoms with E-state index in [1.165, 1.54) is 6.42 Å². The molecule has 94 valence electrons. The third-order valence-corrected chi connectivity index (χ3v) is 4.65. The third kappa shape index (κ3) is 1.68. The molecule has 18 heavy (non-hydrogen) atoms. The van der Waals surface area contributed by atoms with Crippen LogP contribution in [0.15, 0.2) is 21.4 Å². The minimum absolute atomic E-state index is 0.0222. The molecular formula is C13H13BrN2OS. The number of aryl methyl sites for hydroxylation is 1. The largest absolute Gasteiger partial charge is 0.331 e. The van der Waals surface area contributed by atoms with Crippen LogP contribution >= 0.6 is 28.1 Å². The van der Waals surface area contributed by atoms with Crippen LogP contribution in [0, 0.1) is 11.7 Å². The molecule has 2 aromatic rings. The van der Waals surface area contributed by atoms with Gasteiger partial charge in [-0.2, -0.15) is 0 Å². The predicted molar refractivity (Wildman–Crippen MR) is 78.7 cm³/mol. The van der Waals surface area contributed by atoms with Gasteiger partial charge < -0.3 is 4.98 Å². The van der Waals surface area contributed by atoms with E-state index in [2.05, 4.69) is 20.9 Å². The molecule has 1 fully saturated rings. The second-order valence-electron chi connectivity index (χ2n) is 4.80. The summed E-state index contributed by atoms with van der Waals surface area (Å²) >= 11 is 8.80. The molecule has 0 bridgehead atoms. The maximum absolute atomic E-state index is 12.6. The first-order valence-corrected chi connectivity index (χ1v) is 7.23. The van der Waals surface area contributed by atoms with Gasteiger partial charge in [0.25, 0.3) is 5.56 Å². The van der Waals surface area contributed by atoms with E-state index in [0.717, 1.165) is 28.4 Å². The van der Waals surface area contributed by atoms with Crippen LogP contribution in [0.3, 0.4) is 0 Å². The zero-order valence-corrected chi connectivity index (χ0v) is 12.4. The Morgan fingerprint density at radius 2 is 2.17 bits per heavy atom. The van der Waals surface area contributed by atoms with Crippen molar-refractivity contribution in [1.82, 2.24) is 9.55 Å². The maximum Gasteiger partial charge on any atom is 0.263 e. The number of H-pyrrole nitrogens is 1. The van der Waals surface area contributed by atoms with Crippen molar-refractivity contribution in [3.8, 4) is 0 Å². The number of aromatic amines is 1. The fraction of sp³-hybridized carbons (Fsp3) is 0.385. The van der Waals surface area contributed by atoms with E-state index in [1.54, 1.807) is 4.57 Å². The minimum Gasteiger partial charge on any atom is -0.331 e. The van der Waals surface area contributed by atoms with E-state index < -0.39 is 0 Å². The zero-order chi connectivity index (χ0) is 12.9. The number of hydrogen-bond donors (Lipinski definition) is 1. The highest BCUT2D eigenvalue weighted by Crippen LogP contribution is 2.31. The molecule has 1 aliphatic carbocycles. The standard InChI is InChI=1S/C13H13BrN2OS/c1-7-5-6-9(14)10-11(7)15-13(18)16(12(10)17)8-3-2-4-8/h5-6,8H,2-4H2,1H3,(H,15,18). The summed E-state index contributed by atoms with van der Waals surface area (Å²) in [5.41, 5.74) is 1.90. The average molecular weight is 325 g/mol. The number of rotatable bonds is 1. The molecule has 1 aromatic heterocycles. The Bertz CT molecular complexity index is 743. The molecule has 1 saturated carbocycles. The second-order valence-corrected chi connectivity index (χ2v) is 6.05. The SMILES string of the molecule is Cc1ccc(Br)c2c(=O)n(C3CCC3)c(=S)[nH]c12. The zero-order valence-electron chi connectivity index (χ0n) is 10.00. The van der Waals surface area contributed by atoms with Crippen molar-refractivity contribution in [2.45, 2.75) is 32.2 Å². The van der Waals surface area contributed by atoms with Gasteiger partial charge in [0.2, 0.25) is 0 Å². The summed E-state index contributed by atoms with van der Waals surface area (Å²) in [4.78, 5) is 15.8. The number of fused-ring (bicyclic) bond motifs is 1.